The molecular formula is C17H26FNO3. The third-order valence-electron chi connectivity index (χ3n) is 2.77. The normalized spacial score (nSPS) is 11.3. The number of hydrogen-bond donors (Lipinski definition) is 1. The summed E-state index contributed by atoms with van der Waals surface area (Å²) in [7, 11) is 0. The van der Waals surface area contributed by atoms with Gasteiger partial charge in [-0.25, -0.2) is 0 Å². The molecule has 1 aromatic carbocycles. The molecule has 1 amide bonds. The van der Waals surface area contributed by atoms with Crippen molar-refractivity contribution in [1.82, 2.24) is 0 Å². The van der Waals surface area contributed by atoms with Gasteiger partial charge in [0.15, 0.2) is 0 Å². The van der Waals surface area contributed by atoms with Gasteiger partial charge in [-0.15, -0.1) is 0 Å². The zero-order chi connectivity index (χ0) is 16.4. The second-order valence-electron chi connectivity index (χ2n) is 6.03. The van der Waals surface area contributed by atoms with Gasteiger partial charge in [0.25, 0.3) is 0 Å². The van der Waals surface area contributed by atoms with Gasteiger partial charge in [-0.1, -0.05) is 0 Å². The van der Waals surface area contributed by atoms with Crippen molar-refractivity contribution < 1.29 is 18.7 Å². The maximum Gasteiger partial charge on any atom is 0.224 e. The number of nitrogens with one attached hydrogen (secondary N) is 1. The van der Waals surface area contributed by atoms with Crippen molar-refractivity contribution in [3.05, 3.63) is 24.3 Å². The molecule has 0 bridgehead atoms. The van der Waals surface area contributed by atoms with Crippen molar-refractivity contribution in [2.24, 2.45) is 0 Å². The van der Waals surface area contributed by atoms with Crippen molar-refractivity contribution in [2.75, 3.05) is 25.2 Å². The average molecular weight is 311 g/mol. The first-order chi connectivity index (χ1) is 10.4. The van der Waals surface area contributed by atoms with Crippen LogP contribution in [-0.4, -0.2) is 31.4 Å². The van der Waals surface area contributed by atoms with E-state index in [0.717, 1.165) is 5.69 Å². The number of carbonyl (C=O) groups excluding carboxylic acids is 1. The van der Waals surface area contributed by atoms with E-state index in [1.165, 1.54) is 0 Å². The quantitative estimate of drug-likeness (QED) is 0.702. The number of ether oxygens (including phenoxy) is 2. The monoisotopic (exact) mass is 311 g/mol. The molecule has 0 fully saturated rings. The average Bonchev–Trinajstić information content (AvgIpc) is 2.45. The fourth-order valence-electron chi connectivity index (χ4n) is 1.71. The predicted octanol–water partition coefficient (Wildman–Crippen LogP) is 3.96. The Morgan fingerprint density at radius 3 is 2.41 bits per heavy atom. The van der Waals surface area contributed by atoms with Crippen LogP contribution in [0, 0.1) is 0 Å². The molecule has 1 N–H and O–H groups in total. The number of anilines is 1. The van der Waals surface area contributed by atoms with E-state index >= 15 is 0 Å². The molecule has 1 aromatic rings. The van der Waals surface area contributed by atoms with E-state index in [0.29, 0.717) is 38.2 Å². The van der Waals surface area contributed by atoms with E-state index in [-0.39, 0.29) is 18.2 Å². The summed E-state index contributed by atoms with van der Waals surface area (Å²) in [5.74, 6) is 0.633. The minimum absolute atomic E-state index is 0.0383. The molecule has 0 saturated carbocycles. The Labute approximate surface area is 132 Å². The zero-order valence-corrected chi connectivity index (χ0v) is 13.7. The van der Waals surface area contributed by atoms with Crippen LogP contribution in [0.1, 0.15) is 40.0 Å². The van der Waals surface area contributed by atoms with Crippen LogP contribution >= 0.6 is 0 Å². The van der Waals surface area contributed by atoms with Gasteiger partial charge in [-0.2, -0.15) is 0 Å². The lowest BCUT2D eigenvalue weighted by Crippen LogP contribution is -2.20. The Morgan fingerprint density at radius 2 is 1.82 bits per heavy atom. The summed E-state index contributed by atoms with van der Waals surface area (Å²) in [6.45, 7) is 6.51. The van der Waals surface area contributed by atoms with E-state index in [2.05, 4.69) is 5.32 Å². The van der Waals surface area contributed by atoms with Gasteiger partial charge in [0, 0.05) is 25.1 Å². The summed E-state index contributed by atoms with van der Waals surface area (Å²) < 4.78 is 22.9. The molecule has 0 saturated heterocycles. The van der Waals surface area contributed by atoms with E-state index in [1.807, 2.05) is 20.8 Å². The van der Waals surface area contributed by atoms with Crippen LogP contribution in [0.5, 0.6) is 5.75 Å². The van der Waals surface area contributed by atoms with Crippen LogP contribution in [0.15, 0.2) is 24.3 Å². The van der Waals surface area contributed by atoms with Gasteiger partial charge in [0.2, 0.25) is 5.91 Å². The molecule has 0 aliphatic carbocycles. The largest absolute Gasteiger partial charge is 0.493 e. The third-order valence-corrected chi connectivity index (χ3v) is 2.77. The zero-order valence-electron chi connectivity index (χ0n) is 13.7. The highest BCUT2D eigenvalue weighted by Gasteiger charge is 2.10. The lowest BCUT2D eigenvalue weighted by molar-refractivity contribution is -0.116. The van der Waals surface area contributed by atoms with Gasteiger partial charge >= 0.3 is 0 Å². The lowest BCUT2D eigenvalue weighted by atomic mass is 10.2. The van der Waals surface area contributed by atoms with Crippen molar-refractivity contribution in [3.8, 4) is 5.75 Å². The van der Waals surface area contributed by atoms with Crippen LogP contribution < -0.4 is 10.1 Å². The highest BCUT2D eigenvalue weighted by Crippen LogP contribution is 2.16. The summed E-state index contributed by atoms with van der Waals surface area (Å²) >= 11 is 0. The highest BCUT2D eigenvalue weighted by atomic mass is 19.1. The van der Waals surface area contributed by atoms with E-state index < -0.39 is 0 Å². The minimum atomic E-state index is -0.382. The smallest absolute Gasteiger partial charge is 0.224 e. The number of amides is 1. The molecule has 0 aromatic heterocycles. The molecule has 0 atom stereocenters. The summed E-state index contributed by atoms with van der Waals surface area (Å²) in [6.07, 6.45) is 1.49. The first kappa shape index (κ1) is 18.4. The minimum Gasteiger partial charge on any atom is -0.493 e. The molecule has 0 aliphatic heterocycles. The first-order valence-corrected chi connectivity index (χ1v) is 7.63. The number of benzene rings is 1. The van der Waals surface area contributed by atoms with Crippen LogP contribution in [0.4, 0.5) is 10.1 Å². The SMILES string of the molecule is CC(C)(C)OCCCC(=O)Nc1ccc(OCCCF)cc1. The molecule has 0 heterocycles. The highest BCUT2D eigenvalue weighted by molar-refractivity contribution is 5.90. The Balaban J connectivity index is 2.26. The first-order valence-electron chi connectivity index (χ1n) is 7.63. The summed E-state index contributed by atoms with van der Waals surface area (Å²) in [6, 6.07) is 7.07. The van der Waals surface area contributed by atoms with Crippen LogP contribution in [-0.2, 0) is 9.53 Å². The maximum absolute atomic E-state index is 12.0. The Morgan fingerprint density at radius 1 is 1.14 bits per heavy atom. The van der Waals surface area contributed by atoms with E-state index in [4.69, 9.17) is 9.47 Å². The number of halogens is 1. The molecule has 124 valence electrons. The standard InChI is InChI=1S/C17H26FNO3/c1-17(2,3)22-13-4-6-16(20)19-14-7-9-15(10-8-14)21-12-5-11-18/h7-10H,4-6,11-13H2,1-3H3,(H,19,20). The molecule has 0 spiro atoms. The lowest BCUT2D eigenvalue weighted by Gasteiger charge is -2.19. The number of rotatable bonds is 9. The Bertz CT molecular complexity index is 440. The fourth-order valence-corrected chi connectivity index (χ4v) is 1.71. The second-order valence-corrected chi connectivity index (χ2v) is 6.03. The van der Waals surface area contributed by atoms with Crippen molar-refractivity contribution in [1.29, 1.82) is 0 Å². The molecule has 0 aliphatic rings. The van der Waals surface area contributed by atoms with Crippen molar-refractivity contribution in [3.63, 3.8) is 0 Å². The molecular weight excluding hydrogens is 285 g/mol. The van der Waals surface area contributed by atoms with Crippen LogP contribution in [0.2, 0.25) is 0 Å². The van der Waals surface area contributed by atoms with Gasteiger partial charge < -0.3 is 14.8 Å². The van der Waals surface area contributed by atoms with Gasteiger partial charge in [0.05, 0.1) is 18.9 Å². The van der Waals surface area contributed by atoms with Crippen molar-refractivity contribution >= 4 is 11.6 Å². The number of carbonyl (C=O) groups is 1. The third kappa shape index (κ3) is 8.62. The summed E-state index contributed by atoms with van der Waals surface area (Å²) in [5.41, 5.74) is 0.550. The van der Waals surface area contributed by atoms with Gasteiger partial charge in [-0.05, 0) is 51.5 Å². The van der Waals surface area contributed by atoms with Crippen molar-refractivity contribution in [2.45, 2.75) is 45.6 Å². The summed E-state index contributed by atoms with van der Waals surface area (Å²) in [5, 5.41) is 2.82. The van der Waals surface area contributed by atoms with Gasteiger partial charge in [0.1, 0.15) is 5.75 Å². The molecule has 5 heteroatoms. The molecule has 4 nitrogen and oxygen atoms in total. The van der Waals surface area contributed by atoms with Crippen LogP contribution in [0.3, 0.4) is 0 Å². The van der Waals surface area contributed by atoms with E-state index in [1.54, 1.807) is 24.3 Å². The maximum atomic E-state index is 12.0. The topological polar surface area (TPSA) is 47.6 Å². The Hall–Kier alpha value is -1.62. The summed E-state index contributed by atoms with van der Waals surface area (Å²) in [4.78, 5) is 11.8. The second kappa shape index (κ2) is 9.41. The van der Waals surface area contributed by atoms with Crippen LogP contribution in [0.25, 0.3) is 0 Å². The van der Waals surface area contributed by atoms with Gasteiger partial charge in [-0.3, -0.25) is 9.18 Å². The number of alkyl halides is 1. The number of hydrogen-bond acceptors (Lipinski definition) is 3. The molecule has 0 unspecified atom stereocenters. The predicted molar refractivity (Wildman–Crippen MR) is 86.1 cm³/mol. The molecule has 1 rings (SSSR count). The molecule has 0 radical (unpaired) electrons. The fraction of sp³-hybridized carbons (Fsp3) is 0.588. The Kier molecular flexibility index (Phi) is 7.88. The molecule has 22 heavy (non-hydrogen) atoms. The van der Waals surface area contributed by atoms with E-state index in [9.17, 15) is 9.18 Å².